The fourth-order valence-electron chi connectivity index (χ4n) is 3.47. The van der Waals surface area contributed by atoms with Crippen LogP contribution in [0.1, 0.15) is 24.0 Å². The van der Waals surface area contributed by atoms with Crippen LogP contribution in [0.2, 0.25) is 0 Å². The molecule has 2 aromatic rings. The van der Waals surface area contributed by atoms with E-state index in [0.29, 0.717) is 0 Å². The fraction of sp³-hybridized carbons (Fsp3) is 0.381. The number of hydrogen-bond acceptors (Lipinski definition) is 2. The minimum absolute atomic E-state index is 0.0117. The van der Waals surface area contributed by atoms with Gasteiger partial charge in [0.2, 0.25) is 0 Å². The van der Waals surface area contributed by atoms with Crippen LogP contribution in [0, 0.1) is 13.8 Å². The molecule has 4 nitrogen and oxygen atoms in total. The molecule has 1 heterocycles. The summed E-state index contributed by atoms with van der Waals surface area (Å²) < 4.78 is 0. The lowest BCUT2D eigenvalue weighted by Crippen LogP contribution is -2.44. The monoisotopic (exact) mass is 337 g/mol. The van der Waals surface area contributed by atoms with Crippen LogP contribution < -0.4 is 10.2 Å². The maximum atomic E-state index is 12.8. The molecule has 1 saturated heterocycles. The molecule has 1 atom stereocenters. The molecular formula is C21H27N3O. The lowest BCUT2D eigenvalue weighted by Gasteiger charge is -2.30. The second-order valence-corrected chi connectivity index (χ2v) is 6.88. The predicted octanol–water partition coefficient (Wildman–Crippen LogP) is 4.44. The molecular weight excluding hydrogens is 310 g/mol. The van der Waals surface area contributed by atoms with E-state index in [1.165, 1.54) is 11.3 Å². The summed E-state index contributed by atoms with van der Waals surface area (Å²) in [5, 5.41) is 3.10. The molecule has 0 bridgehead atoms. The zero-order valence-corrected chi connectivity index (χ0v) is 15.3. The van der Waals surface area contributed by atoms with Gasteiger partial charge in [-0.15, -0.1) is 0 Å². The molecule has 25 heavy (non-hydrogen) atoms. The third-order valence-corrected chi connectivity index (χ3v) is 5.17. The van der Waals surface area contributed by atoms with Crippen LogP contribution in [0.4, 0.5) is 16.2 Å². The average molecular weight is 337 g/mol. The molecule has 1 N–H and O–H groups in total. The molecule has 2 aromatic carbocycles. The summed E-state index contributed by atoms with van der Waals surface area (Å²) in [4.78, 5) is 17.0. The first-order valence-electron chi connectivity index (χ1n) is 8.96. The largest absolute Gasteiger partial charge is 0.373 e. The number of hydrogen-bond donors (Lipinski definition) is 1. The summed E-state index contributed by atoms with van der Waals surface area (Å²) in [7, 11) is 2.09. The number of nitrogens with one attached hydrogen (secondary N) is 1. The van der Waals surface area contributed by atoms with Gasteiger partial charge in [-0.1, -0.05) is 30.3 Å². The highest BCUT2D eigenvalue weighted by Crippen LogP contribution is 2.23. The van der Waals surface area contributed by atoms with Gasteiger partial charge in [-0.3, -0.25) is 0 Å². The highest BCUT2D eigenvalue weighted by atomic mass is 16.2. The number of rotatable bonds is 4. The Balaban J connectivity index is 1.66. The van der Waals surface area contributed by atoms with E-state index < -0.39 is 0 Å². The van der Waals surface area contributed by atoms with E-state index in [1.54, 1.807) is 0 Å². The third-order valence-electron chi connectivity index (χ3n) is 5.17. The predicted molar refractivity (Wildman–Crippen MR) is 104 cm³/mol. The zero-order valence-electron chi connectivity index (χ0n) is 15.3. The molecule has 4 heteroatoms. The summed E-state index contributed by atoms with van der Waals surface area (Å²) >= 11 is 0. The molecule has 0 spiro atoms. The minimum Gasteiger partial charge on any atom is -0.373 e. The summed E-state index contributed by atoms with van der Waals surface area (Å²) in [6, 6.07) is 16.6. The Labute approximate surface area is 150 Å². The van der Waals surface area contributed by atoms with Gasteiger partial charge < -0.3 is 15.1 Å². The van der Waals surface area contributed by atoms with Crippen LogP contribution in [0.15, 0.2) is 48.5 Å². The van der Waals surface area contributed by atoms with E-state index in [-0.39, 0.29) is 12.1 Å². The van der Waals surface area contributed by atoms with Crippen molar-refractivity contribution in [2.24, 2.45) is 0 Å². The van der Waals surface area contributed by atoms with Gasteiger partial charge in [-0.25, -0.2) is 4.79 Å². The van der Waals surface area contributed by atoms with Crippen molar-refractivity contribution < 1.29 is 4.79 Å². The highest BCUT2D eigenvalue weighted by molar-refractivity contribution is 5.90. The summed E-state index contributed by atoms with van der Waals surface area (Å²) in [6.45, 7) is 5.79. The van der Waals surface area contributed by atoms with E-state index >= 15 is 0 Å². The van der Waals surface area contributed by atoms with Gasteiger partial charge in [0.15, 0.2) is 0 Å². The SMILES string of the molecule is Cc1cccc(NC(=O)N2CCC[C@H]2CN(C)c2ccccc2)c1C. The van der Waals surface area contributed by atoms with Crippen molar-refractivity contribution in [2.45, 2.75) is 32.7 Å². The van der Waals surface area contributed by atoms with Gasteiger partial charge in [-0.2, -0.15) is 0 Å². The van der Waals surface area contributed by atoms with Gasteiger partial charge in [0.05, 0.1) is 6.04 Å². The van der Waals surface area contributed by atoms with Crippen molar-refractivity contribution in [3.8, 4) is 0 Å². The second-order valence-electron chi connectivity index (χ2n) is 6.88. The molecule has 3 rings (SSSR count). The van der Waals surface area contributed by atoms with Crippen molar-refractivity contribution in [1.82, 2.24) is 4.90 Å². The molecule has 0 unspecified atom stereocenters. The van der Waals surface area contributed by atoms with Gasteiger partial charge in [0, 0.05) is 31.5 Å². The van der Waals surface area contributed by atoms with Crippen LogP contribution in [0.5, 0.6) is 0 Å². The summed E-state index contributed by atoms with van der Waals surface area (Å²) in [5.41, 5.74) is 4.42. The Bertz CT molecular complexity index is 729. The van der Waals surface area contributed by atoms with Crippen LogP contribution in [-0.2, 0) is 0 Å². The molecule has 0 saturated carbocycles. The molecule has 1 aliphatic heterocycles. The number of para-hydroxylation sites is 1. The second kappa shape index (κ2) is 7.60. The normalized spacial score (nSPS) is 16.8. The van der Waals surface area contributed by atoms with E-state index in [1.807, 2.05) is 35.2 Å². The van der Waals surface area contributed by atoms with Crippen LogP contribution in [-0.4, -0.2) is 37.1 Å². The summed E-state index contributed by atoms with van der Waals surface area (Å²) in [6.07, 6.45) is 2.12. The molecule has 0 aliphatic carbocycles. The highest BCUT2D eigenvalue weighted by Gasteiger charge is 2.30. The Hall–Kier alpha value is -2.49. The number of carbonyl (C=O) groups is 1. The molecule has 132 valence electrons. The zero-order chi connectivity index (χ0) is 17.8. The smallest absolute Gasteiger partial charge is 0.322 e. The van der Waals surface area contributed by atoms with E-state index in [4.69, 9.17) is 0 Å². The third kappa shape index (κ3) is 3.95. The lowest BCUT2D eigenvalue weighted by molar-refractivity contribution is 0.207. The first-order valence-corrected chi connectivity index (χ1v) is 8.96. The quantitative estimate of drug-likeness (QED) is 0.895. The topological polar surface area (TPSA) is 35.6 Å². The minimum atomic E-state index is 0.0117. The number of amides is 2. The number of likely N-dealkylation sites (tertiary alicyclic amines) is 1. The summed E-state index contributed by atoms with van der Waals surface area (Å²) in [5.74, 6) is 0. The van der Waals surface area contributed by atoms with Crippen LogP contribution >= 0.6 is 0 Å². The number of benzene rings is 2. The molecule has 2 amide bonds. The molecule has 0 radical (unpaired) electrons. The maximum absolute atomic E-state index is 12.8. The first-order chi connectivity index (χ1) is 12.1. The number of anilines is 2. The van der Waals surface area contributed by atoms with Crippen molar-refractivity contribution in [3.63, 3.8) is 0 Å². The van der Waals surface area contributed by atoms with Gasteiger partial charge in [-0.05, 0) is 56.0 Å². The van der Waals surface area contributed by atoms with Crippen molar-refractivity contribution in [2.75, 3.05) is 30.4 Å². The number of likely N-dealkylation sites (N-methyl/N-ethyl adjacent to an activating group) is 1. The van der Waals surface area contributed by atoms with Crippen molar-refractivity contribution in [3.05, 3.63) is 59.7 Å². The maximum Gasteiger partial charge on any atom is 0.322 e. The van der Waals surface area contributed by atoms with Crippen molar-refractivity contribution >= 4 is 17.4 Å². The van der Waals surface area contributed by atoms with Gasteiger partial charge in [0.1, 0.15) is 0 Å². The fourth-order valence-corrected chi connectivity index (χ4v) is 3.47. The number of nitrogens with zero attached hydrogens (tertiary/aromatic N) is 2. The Kier molecular flexibility index (Phi) is 5.27. The Morgan fingerprint density at radius 1 is 1.16 bits per heavy atom. The van der Waals surface area contributed by atoms with Gasteiger partial charge in [0.25, 0.3) is 0 Å². The lowest BCUT2D eigenvalue weighted by atomic mass is 10.1. The number of carbonyl (C=O) groups excluding carboxylic acids is 1. The number of urea groups is 1. The van der Waals surface area contributed by atoms with Crippen LogP contribution in [0.25, 0.3) is 0 Å². The van der Waals surface area contributed by atoms with E-state index in [9.17, 15) is 4.79 Å². The van der Waals surface area contributed by atoms with E-state index in [2.05, 4.69) is 49.3 Å². The molecule has 1 aliphatic rings. The Morgan fingerprint density at radius 3 is 2.68 bits per heavy atom. The average Bonchev–Trinajstić information content (AvgIpc) is 3.08. The Morgan fingerprint density at radius 2 is 1.92 bits per heavy atom. The number of aryl methyl sites for hydroxylation is 1. The van der Waals surface area contributed by atoms with Gasteiger partial charge >= 0.3 is 6.03 Å². The molecule has 1 fully saturated rings. The van der Waals surface area contributed by atoms with Crippen LogP contribution in [0.3, 0.4) is 0 Å². The van der Waals surface area contributed by atoms with E-state index in [0.717, 1.165) is 37.2 Å². The molecule has 0 aromatic heterocycles. The standard InChI is InChI=1S/C21H27N3O/c1-16-9-7-13-20(17(16)2)22-21(25)24-14-8-12-19(24)15-23(3)18-10-5-4-6-11-18/h4-7,9-11,13,19H,8,12,14-15H2,1-3H3,(H,22,25)/t19-/m0/s1. The first kappa shape index (κ1) is 17.3. The van der Waals surface area contributed by atoms with Crippen molar-refractivity contribution in [1.29, 1.82) is 0 Å².